The fraction of sp³-hybridized carbons (Fsp3) is 0.600. The Labute approximate surface area is 109 Å². The number of rotatable bonds is 5. The molecule has 100 valence electrons. The summed E-state index contributed by atoms with van der Waals surface area (Å²) in [5.74, 6) is 0. The third-order valence-corrected chi connectivity index (χ3v) is 3.79. The van der Waals surface area contributed by atoms with E-state index in [1.165, 1.54) is 22.3 Å². The van der Waals surface area contributed by atoms with Crippen LogP contribution in [-0.4, -0.2) is 31.5 Å². The molecule has 0 spiro atoms. The van der Waals surface area contributed by atoms with Gasteiger partial charge in [-0.25, -0.2) is 0 Å². The first kappa shape index (κ1) is 13.5. The van der Waals surface area contributed by atoms with Gasteiger partial charge in [0.25, 0.3) is 0 Å². The third kappa shape index (κ3) is 2.74. The first-order valence-electron chi connectivity index (χ1n) is 6.52. The molecule has 1 aromatic rings. The standard InChI is InChI=1S/C15H23NO2/c1-11-4-12(2)14(13(3)5-11)6-16-7-15(8-17)9-18-10-15/h4-5,16-17H,6-10H2,1-3H3. The quantitative estimate of drug-likeness (QED) is 0.835. The van der Waals surface area contributed by atoms with Gasteiger partial charge < -0.3 is 15.2 Å². The monoisotopic (exact) mass is 249 g/mol. The molecule has 1 heterocycles. The summed E-state index contributed by atoms with van der Waals surface area (Å²) in [5.41, 5.74) is 5.31. The van der Waals surface area contributed by atoms with E-state index in [4.69, 9.17) is 4.74 Å². The summed E-state index contributed by atoms with van der Waals surface area (Å²) in [4.78, 5) is 0. The highest BCUT2D eigenvalue weighted by Gasteiger charge is 2.37. The molecule has 0 amide bonds. The van der Waals surface area contributed by atoms with Gasteiger partial charge in [0.2, 0.25) is 0 Å². The summed E-state index contributed by atoms with van der Waals surface area (Å²) in [6.45, 7) is 9.66. The minimum absolute atomic E-state index is 0.0491. The molecule has 3 heteroatoms. The average Bonchev–Trinajstić information content (AvgIpc) is 2.25. The van der Waals surface area contributed by atoms with Gasteiger partial charge in [0.1, 0.15) is 0 Å². The number of benzene rings is 1. The predicted octanol–water partition coefficient (Wildman–Crippen LogP) is 1.71. The maximum Gasteiger partial charge on any atom is 0.0579 e. The molecule has 1 aromatic carbocycles. The van der Waals surface area contributed by atoms with E-state index in [9.17, 15) is 5.11 Å². The van der Waals surface area contributed by atoms with Gasteiger partial charge in [-0.1, -0.05) is 17.7 Å². The van der Waals surface area contributed by atoms with Crippen LogP contribution in [0.4, 0.5) is 0 Å². The van der Waals surface area contributed by atoms with Crippen molar-refractivity contribution in [3.63, 3.8) is 0 Å². The molecule has 1 saturated heterocycles. The van der Waals surface area contributed by atoms with Crippen molar-refractivity contribution in [2.24, 2.45) is 5.41 Å². The molecule has 1 fully saturated rings. The van der Waals surface area contributed by atoms with Crippen molar-refractivity contribution in [1.82, 2.24) is 5.32 Å². The lowest BCUT2D eigenvalue weighted by atomic mass is 9.87. The van der Waals surface area contributed by atoms with E-state index in [1.807, 2.05) is 0 Å². The molecule has 2 rings (SSSR count). The van der Waals surface area contributed by atoms with Crippen molar-refractivity contribution >= 4 is 0 Å². The molecule has 1 aliphatic rings. The van der Waals surface area contributed by atoms with E-state index < -0.39 is 0 Å². The van der Waals surface area contributed by atoms with E-state index in [0.29, 0.717) is 13.2 Å². The molecule has 2 N–H and O–H groups in total. The molecule has 0 aliphatic carbocycles. The Balaban J connectivity index is 1.94. The first-order chi connectivity index (χ1) is 8.56. The lowest BCUT2D eigenvalue weighted by molar-refractivity contribution is -0.134. The highest BCUT2D eigenvalue weighted by Crippen LogP contribution is 2.26. The Bertz CT molecular complexity index is 396. The average molecular weight is 249 g/mol. The van der Waals surface area contributed by atoms with Crippen molar-refractivity contribution in [2.45, 2.75) is 27.3 Å². The molecule has 3 nitrogen and oxygen atoms in total. The molecule has 0 unspecified atom stereocenters. The summed E-state index contributed by atoms with van der Waals surface area (Å²) in [6.07, 6.45) is 0. The fourth-order valence-electron chi connectivity index (χ4n) is 2.58. The lowest BCUT2D eigenvalue weighted by Crippen LogP contribution is -2.52. The van der Waals surface area contributed by atoms with Crippen LogP contribution in [0.15, 0.2) is 12.1 Å². The second-order valence-electron chi connectivity index (χ2n) is 5.63. The zero-order valence-electron chi connectivity index (χ0n) is 11.5. The summed E-state index contributed by atoms with van der Waals surface area (Å²) in [5, 5.41) is 12.8. The summed E-state index contributed by atoms with van der Waals surface area (Å²) >= 11 is 0. The van der Waals surface area contributed by atoms with Crippen LogP contribution >= 0.6 is 0 Å². The van der Waals surface area contributed by atoms with Crippen LogP contribution in [0.2, 0.25) is 0 Å². The number of ether oxygens (including phenoxy) is 1. The molecule has 0 aromatic heterocycles. The Morgan fingerprint density at radius 2 is 1.83 bits per heavy atom. The molecule has 1 aliphatic heterocycles. The van der Waals surface area contributed by atoms with Crippen LogP contribution in [0.3, 0.4) is 0 Å². The second kappa shape index (κ2) is 5.39. The minimum atomic E-state index is -0.0491. The molecule has 0 atom stereocenters. The first-order valence-corrected chi connectivity index (χ1v) is 6.52. The minimum Gasteiger partial charge on any atom is -0.396 e. The van der Waals surface area contributed by atoms with Gasteiger partial charge in [0.15, 0.2) is 0 Å². The number of aryl methyl sites for hydroxylation is 3. The topological polar surface area (TPSA) is 41.5 Å². The summed E-state index contributed by atoms with van der Waals surface area (Å²) < 4.78 is 5.20. The number of hydrogen-bond donors (Lipinski definition) is 2. The highest BCUT2D eigenvalue weighted by molar-refractivity contribution is 5.37. The smallest absolute Gasteiger partial charge is 0.0579 e. The SMILES string of the molecule is Cc1cc(C)c(CNCC2(CO)COC2)c(C)c1. The van der Waals surface area contributed by atoms with Crippen molar-refractivity contribution < 1.29 is 9.84 Å². The van der Waals surface area contributed by atoms with E-state index >= 15 is 0 Å². The Hall–Kier alpha value is -0.900. The van der Waals surface area contributed by atoms with Crippen LogP contribution < -0.4 is 5.32 Å². The van der Waals surface area contributed by atoms with Gasteiger partial charge in [-0.2, -0.15) is 0 Å². The zero-order valence-corrected chi connectivity index (χ0v) is 11.5. The fourth-order valence-corrected chi connectivity index (χ4v) is 2.58. The van der Waals surface area contributed by atoms with Gasteiger partial charge in [-0.15, -0.1) is 0 Å². The van der Waals surface area contributed by atoms with Gasteiger partial charge in [0.05, 0.1) is 25.2 Å². The van der Waals surface area contributed by atoms with Crippen LogP contribution in [-0.2, 0) is 11.3 Å². The van der Waals surface area contributed by atoms with Crippen LogP contribution in [0.1, 0.15) is 22.3 Å². The van der Waals surface area contributed by atoms with E-state index in [0.717, 1.165) is 13.1 Å². The molecule has 18 heavy (non-hydrogen) atoms. The van der Waals surface area contributed by atoms with E-state index in [2.05, 4.69) is 38.2 Å². The summed E-state index contributed by atoms with van der Waals surface area (Å²) in [7, 11) is 0. The number of aliphatic hydroxyl groups is 1. The van der Waals surface area contributed by atoms with Crippen molar-refractivity contribution in [1.29, 1.82) is 0 Å². The van der Waals surface area contributed by atoms with E-state index in [1.54, 1.807) is 0 Å². The van der Waals surface area contributed by atoms with Crippen molar-refractivity contribution in [3.8, 4) is 0 Å². The second-order valence-corrected chi connectivity index (χ2v) is 5.63. The molecule has 0 radical (unpaired) electrons. The Kier molecular flexibility index (Phi) is 4.05. The third-order valence-electron chi connectivity index (χ3n) is 3.79. The molecule has 0 saturated carbocycles. The largest absolute Gasteiger partial charge is 0.396 e. The maximum absolute atomic E-state index is 9.36. The maximum atomic E-state index is 9.36. The van der Waals surface area contributed by atoms with Gasteiger partial charge >= 0.3 is 0 Å². The predicted molar refractivity (Wildman–Crippen MR) is 72.7 cm³/mol. The Morgan fingerprint density at radius 1 is 1.22 bits per heavy atom. The van der Waals surface area contributed by atoms with Gasteiger partial charge in [-0.05, 0) is 37.5 Å². The zero-order chi connectivity index (χ0) is 13.2. The molecule has 0 bridgehead atoms. The Morgan fingerprint density at radius 3 is 2.28 bits per heavy atom. The highest BCUT2D eigenvalue weighted by atomic mass is 16.5. The number of hydrogen-bond acceptors (Lipinski definition) is 3. The number of nitrogens with one attached hydrogen (secondary N) is 1. The normalized spacial score (nSPS) is 17.6. The molecular formula is C15H23NO2. The number of aliphatic hydroxyl groups excluding tert-OH is 1. The van der Waals surface area contributed by atoms with Crippen LogP contribution in [0, 0.1) is 26.2 Å². The lowest BCUT2D eigenvalue weighted by Gasteiger charge is -2.40. The van der Waals surface area contributed by atoms with E-state index in [-0.39, 0.29) is 12.0 Å². The van der Waals surface area contributed by atoms with Crippen LogP contribution in [0.5, 0.6) is 0 Å². The summed E-state index contributed by atoms with van der Waals surface area (Å²) in [6, 6.07) is 4.44. The van der Waals surface area contributed by atoms with Gasteiger partial charge in [-0.3, -0.25) is 0 Å². The van der Waals surface area contributed by atoms with Crippen molar-refractivity contribution in [3.05, 3.63) is 34.4 Å². The van der Waals surface area contributed by atoms with Gasteiger partial charge in [0, 0.05) is 13.1 Å². The molecular weight excluding hydrogens is 226 g/mol. The van der Waals surface area contributed by atoms with Crippen molar-refractivity contribution in [2.75, 3.05) is 26.4 Å². The van der Waals surface area contributed by atoms with Crippen LogP contribution in [0.25, 0.3) is 0 Å².